The molecule has 2 aromatic carbocycles. The molecule has 2 aromatic rings. The van der Waals surface area contributed by atoms with E-state index in [0.29, 0.717) is 37.6 Å². The SMILES string of the molecule is CCOc1cc(CNC(=O)N[C@@H]2CC(=O)N(c3ccccc3)C2)ccc1OC. The van der Waals surface area contributed by atoms with E-state index >= 15 is 0 Å². The van der Waals surface area contributed by atoms with E-state index in [1.165, 1.54) is 0 Å². The van der Waals surface area contributed by atoms with Gasteiger partial charge in [0.15, 0.2) is 11.5 Å². The molecule has 1 saturated heterocycles. The average molecular weight is 383 g/mol. The number of carbonyl (C=O) groups is 2. The molecule has 7 nitrogen and oxygen atoms in total. The van der Waals surface area contributed by atoms with Crippen molar-refractivity contribution >= 4 is 17.6 Å². The summed E-state index contributed by atoms with van der Waals surface area (Å²) in [5.74, 6) is 1.30. The van der Waals surface area contributed by atoms with Crippen LogP contribution >= 0.6 is 0 Å². The van der Waals surface area contributed by atoms with E-state index in [1.807, 2.05) is 55.5 Å². The molecule has 3 amide bonds. The standard InChI is InChI=1S/C21H25N3O4/c1-3-28-19-11-15(9-10-18(19)27-2)13-22-21(26)23-16-12-20(25)24(14-16)17-7-5-4-6-8-17/h4-11,16H,3,12-14H2,1-2H3,(H2,22,23,26)/t16-/m1/s1. The van der Waals surface area contributed by atoms with Gasteiger partial charge in [0.05, 0.1) is 19.8 Å². The molecular formula is C21H25N3O4. The second kappa shape index (κ2) is 9.12. The number of nitrogens with one attached hydrogen (secondary N) is 2. The van der Waals surface area contributed by atoms with Gasteiger partial charge in [0, 0.05) is 25.2 Å². The number of methoxy groups -OCH3 is 1. The van der Waals surface area contributed by atoms with Crippen molar-refractivity contribution < 1.29 is 19.1 Å². The molecule has 1 heterocycles. The number of hydrogen-bond acceptors (Lipinski definition) is 4. The van der Waals surface area contributed by atoms with Crippen molar-refractivity contribution in [3.8, 4) is 11.5 Å². The highest BCUT2D eigenvalue weighted by Crippen LogP contribution is 2.28. The fourth-order valence-electron chi connectivity index (χ4n) is 3.18. The summed E-state index contributed by atoms with van der Waals surface area (Å²) in [6.07, 6.45) is 0.291. The zero-order chi connectivity index (χ0) is 19.9. The Labute approximate surface area is 164 Å². The van der Waals surface area contributed by atoms with Crippen molar-refractivity contribution in [3.63, 3.8) is 0 Å². The highest BCUT2D eigenvalue weighted by atomic mass is 16.5. The minimum absolute atomic E-state index is 0.00742. The van der Waals surface area contributed by atoms with Crippen LogP contribution in [0.2, 0.25) is 0 Å². The molecule has 1 atom stereocenters. The van der Waals surface area contributed by atoms with E-state index in [9.17, 15) is 9.59 Å². The van der Waals surface area contributed by atoms with E-state index in [2.05, 4.69) is 10.6 Å². The van der Waals surface area contributed by atoms with Gasteiger partial charge >= 0.3 is 6.03 Å². The fourth-order valence-corrected chi connectivity index (χ4v) is 3.18. The molecule has 28 heavy (non-hydrogen) atoms. The van der Waals surface area contributed by atoms with Gasteiger partial charge in [0.2, 0.25) is 5.91 Å². The van der Waals surface area contributed by atoms with Gasteiger partial charge in [-0.3, -0.25) is 4.79 Å². The second-order valence-electron chi connectivity index (χ2n) is 6.49. The molecule has 7 heteroatoms. The highest BCUT2D eigenvalue weighted by Gasteiger charge is 2.31. The van der Waals surface area contributed by atoms with Gasteiger partial charge in [0.1, 0.15) is 0 Å². The predicted molar refractivity (Wildman–Crippen MR) is 107 cm³/mol. The number of anilines is 1. The Morgan fingerprint density at radius 2 is 1.96 bits per heavy atom. The van der Waals surface area contributed by atoms with Crippen LogP contribution < -0.4 is 25.0 Å². The number of rotatable bonds is 7. The second-order valence-corrected chi connectivity index (χ2v) is 6.49. The van der Waals surface area contributed by atoms with Crippen LogP contribution in [0.4, 0.5) is 10.5 Å². The molecule has 0 aliphatic carbocycles. The van der Waals surface area contributed by atoms with Crippen LogP contribution in [0.25, 0.3) is 0 Å². The van der Waals surface area contributed by atoms with Gasteiger partial charge in [-0.15, -0.1) is 0 Å². The molecule has 0 spiro atoms. The van der Waals surface area contributed by atoms with Crippen LogP contribution in [0, 0.1) is 0 Å². The van der Waals surface area contributed by atoms with Gasteiger partial charge in [-0.05, 0) is 36.8 Å². The largest absolute Gasteiger partial charge is 0.493 e. The van der Waals surface area contributed by atoms with Crippen LogP contribution in [0.15, 0.2) is 48.5 Å². The number of benzene rings is 2. The molecule has 1 aliphatic heterocycles. The Hall–Kier alpha value is -3.22. The lowest BCUT2D eigenvalue weighted by molar-refractivity contribution is -0.117. The van der Waals surface area contributed by atoms with Crippen LogP contribution in [0.1, 0.15) is 18.9 Å². The van der Waals surface area contributed by atoms with Gasteiger partial charge in [-0.2, -0.15) is 0 Å². The molecule has 2 N–H and O–H groups in total. The Balaban J connectivity index is 1.52. The van der Waals surface area contributed by atoms with Crippen molar-refractivity contribution in [2.45, 2.75) is 25.9 Å². The van der Waals surface area contributed by atoms with Crippen molar-refractivity contribution in [2.24, 2.45) is 0 Å². The summed E-state index contributed by atoms with van der Waals surface area (Å²) in [5, 5.41) is 5.70. The number of ether oxygens (including phenoxy) is 2. The Kier molecular flexibility index (Phi) is 6.37. The van der Waals surface area contributed by atoms with Crippen LogP contribution in [0.5, 0.6) is 11.5 Å². The average Bonchev–Trinajstić information content (AvgIpc) is 3.07. The maximum Gasteiger partial charge on any atom is 0.315 e. The first-order valence-corrected chi connectivity index (χ1v) is 9.30. The normalized spacial score (nSPS) is 16.0. The third-order valence-electron chi connectivity index (χ3n) is 4.51. The Bertz CT molecular complexity index is 826. The molecule has 0 aromatic heterocycles. The summed E-state index contributed by atoms with van der Waals surface area (Å²) in [6, 6.07) is 14.5. The van der Waals surface area contributed by atoms with Crippen LogP contribution in [0.3, 0.4) is 0 Å². The van der Waals surface area contributed by atoms with E-state index in [4.69, 9.17) is 9.47 Å². The fraction of sp³-hybridized carbons (Fsp3) is 0.333. The first kappa shape index (κ1) is 19.5. The van der Waals surface area contributed by atoms with E-state index in [0.717, 1.165) is 11.3 Å². The predicted octanol–water partition coefficient (Wildman–Crippen LogP) is 2.70. The number of para-hydroxylation sites is 1. The number of hydrogen-bond donors (Lipinski definition) is 2. The summed E-state index contributed by atoms with van der Waals surface area (Å²) >= 11 is 0. The number of amides is 3. The smallest absolute Gasteiger partial charge is 0.315 e. The monoisotopic (exact) mass is 383 g/mol. The van der Waals surface area contributed by atoms with E-state index in [-0.39, 0.29) is 18.0 Å². The first-order valence-electron chi connectivity index (χ1n) is 9.30. The lowest BCUT2D eigenvalue weighted by Crippen LogP contribution is -2.43. The third kappa shape index (κ3) is 4.73. The first-order chi connectivity index (χ1) is 13.6. The lowest BCUT2D eigenvalue weighted by Gasteiger charge is -2.17. The molecule has 0 bridgehead atoms. The van der Waals surface area contributed by atoms with Crippen molar-refractivity contribution in [3.05, 3.63) is 54.1 Å². The van der Waals surface area contributed by atoms with Gasteiger partial charge < -0.3 is 25.0 Å². The Morgan fingerprint density at radius 1 is 1.18 bits per heavy atom. The quantitative estimate of drug-likeness (QED) is 0.770. The zero-order valence-corrected chi connectivity index (χ0v) is 16.1. The maximum absolute atomic E-state index is 12.2. The highest BCUT2D eigenvalue weighted by molar-refractivity contribution is 5.96. The molecule has 148 valence electrons. The van der Waals surface area contributed by atoms with Gasteiger partial charge in [-0.1, -0.05) is 24.3 Å². The summed E-state index contributed by atoms with van der Waals surface area (Å²) in [6.45, 7) is 3.24. The summed E-state index contributed by atoms with van der Waals surface area (Å²) in [7, 11) is 1.59. The zero-order valence-electron chi connectivity index (χ0n) is 16.1. The van der Waals surface area contributed by atoms with Crippen molar-refractivity contribution in [1.29, 1.82) is 0 Å². The molecular weight excluding hydrogens is 358 g/mol. The van der Waals surface area contributed by atoms with Crippen molar-refractivity contribution in [2.75, 3.05) is 25.2 Å². The lowest BCUT2D eigenvalue weighted by atomic mass is 10.2. The van der Waals surface area contributed by atoms with E-state index in [1.54, 1.807) is 12.0 Å². The van der Waals surface area contributed by atoms with Crippen LogP contribution in [-0.4, -0.2) is 38.2 Å². The molecule has 0 radical (unpaired) electrons. The molecule has 0 saturated carbocycles. The summed E-state index contributed by atoms with van der Waals surface area (Å²) in [4.78, 5) is 26.2. The third-order valence-corrected chi connectivity index (χ3v) is 4.51. The molecule has 1 fully saturated rings. The molecule has 3 rings (SSSR count). The topological polar surface area (TPSA) is 79.9 Å². The summed E-state index contributed by atoms with van der Waals surface area (Å²) < 4.78 is 10.8. The Morgan fingerprint density at radius 3 is 2.68 bits per heavy atom. The minimum Gasteiger partial charge on any atom is -0.493 e. The van der Waals surface area contributed by atoms with E-state index < -0.39 is 0 Å². The van der Waals surface area contributed by atoms with Crippen LogP contribution in [-0.2, 0) is 11.3 Å². The minimum atomic E-state index is -0.304. The van der Waals surface area contributed by atoms with Gasteiger partial charge in [-0.25, -0.2) is 4.79 Å². The molecule has 1 aliphatic rings. The molecule has 0 unspecified atom stereocenters. The number of nitrogens with zero attached hydrogens (tertiary/aromatic N) is 1. The van der Waals surface area contributed by atoms with Gasteiger partial charge in [0.25, 0.3) is 0 Å². The van der Waals surface area contributed by atoms with Crippen molar-refractivity contribution in [1.82, 2.24) is 10.6 Å². The number of carbonyl (C=O) groups excluding carboxylic acids is 2. The maximum atomic E-state index is 12.2. The summed E-state index contributed by atoms with van der Waals surface area (Å²) in [5.41, 5.74) is 1.74. The number of urea groups is 1.